The number of phosphoric acid groups is 1. The topological polar surface area (TPSA) is 87.0 Å². The Hall–Kier alpha value is 0.0700. The highest BCUT2D eigenvalue weighted by Crippen LogP contribution is 2.35. The fourth-order valence-electron chi connectivity index (χ4n) is 2.84. The predicted molar refractivity (Wildman–Crippen MR) is 115 cm³/mol. The van der Waals surface area contributed by atoms with Crippen molar-refractivity contribution in [3.63, 3.8) is 0 Å². The van der Waals surface area contributed by atoms with Gasteiger partial charge in [0, 0.05) is 0 Å². The van der Waals surface area contributed by atoms with E-state index in [9.17, 15) is 9.67 Å². The lowest BCUT2D eigenvalue weighted by Crippen LogP contribution is -2.23. The fourth-order valence-corrected chi connectivity index (χ4v) is 3.20. The third-order valence-corrected chi connectivity index (χ3v) is 5.16. The summed E-state index contributed by atoms with van der Waals surface area (Å²) >= 11 is 0. The van der Waals surface area contributed by atoms with Crippen molar-refractivity contribution in [1.29, 1.82) is 0 Å². The van der Waals surface area contributed by atoms with Crippen LogP contribution in [0.2, 0.25) is 0 Å². The van der Waals surface area contributed by atoms with Crippen molar-refractivity contribution in [2.45, 2.75) is 130 Å². The Morgan fingerprint density at radius 3 is 1.44 bits per heavy atom. The first-order valence-electron chi connectivity index (χ1n) is 11.1. The number of hydrogen-bond donors (Lipinski definition) is 3. The van der Waals surface area contributed by atoms with Crippen LogP contribution in [0.1, 0.15) is 124 Å². The summed E-state index contributed by atoms with van der Waals surface area (Å²) in [7, 11) is -4.24. The maximum absolute atomic E-state index is 10.3. The molecular formula is C21H47O5P. The summed E-state index contributed by atoms with van der Waals surface area (Å²) in [5.41, 5.74) is -0.397. The standard InChI is InChI=1S/C11H25O4P.C10H22O/c1-2-3-4-5-6-7-8-9-10-11-15-16(12,13)14;1-4-6-8-10(3,11)9-7-5-2/h2-11H2,1H3,(H2,12,13,14);11H,4-9H2,1-3H3. The molecule has 0 spiro atoms. The van der Waals surface area contributed by atoms with Gasteiger partial charge in [0.05, 0.1) is 12.2 Å². The maximum Gasteiger partial charge on any atom is 0.469 e. The molecular weight excluding hydrogens is 363 g/mol. The average Bonchev–Trinajstić information content (AvgIpc) is 2.59. The third-order valence-electron chi connectivity index (χ3n) is 4.65. The van der Waals surface area contributed by atoms with Gasteiger partial charge in [-0.25, -0.2) is 4.57 Å². The van der Waals surface area contributed by atoms with Gasteiger partial charge in [0.1, 0.15) is 0 Å². The fraction of sp³-hybridized carbons (Fsp3) is 1.00. The summed E-state index contributed by atoms with van der Waals surface area (Å²) in [6.07, 6.45) is 17.2. The van der Waals surface area contributed by atoms with Gasteiger partial charge < -0.3 is 14.9 Å². The molecule has 0 bridgehead atoms. The van der Waals surface area contributed by atoms with Crippen LogP contribution in [0.4, 0.5) is 0 Å². The van der Waals surface area contributed by atoms with Gasteiger partial charge in [-0.3, -0.25) is 4.52 Å². The molecule has 3 N–H and O–H groups in total. The van der Waals surface area contributed by atoms with Crippen molar-refractivity contribution >= 4 is 7.82 Å². The summed E-state index contributed by atoms with van der Waals surface area (Å²) in [5.74, 6) is 0. The van der Waals surface area contributed by atoms with Crippen LogP contribution >= 0.6 is 7.82 Å². The van der Waals surface area contributed by atoms with E-state index in [1.165, 1.54) is 51.4 Å². The van der Waals surface area contributed by atoms with Gasteiger partial charge >= 0.3 is 7.82 Å². The van der Waals surface area contributed by atoms with Crippen molar-refractivity contribution < 1.29 is 24.0 Å². The lowest BCUT2D eigenvalue weighted by molar-refractivity contribution is 0.0376. The Kier molecular flexibility index (Phi) is 21.0. The minimum atomic E-state index is -4.24. The van der Waals surface area contributed by atoms with E-state index in [-0.39, 0.29) is 6.61 Å². The van der Waals surface area contributed by atoms with Crippen molar-refractivity contribution in [2.24, 2.45) is 0 Å². The Labute approximate surface area is 168 Å². The molecule has 6 heteroatoms. The monoisotopic (exact) mass is 410 g/mol. The lowest BCUT2D eigenvalue weighted by atomic mass is 9.93. The molecule has 0 aromatic carbocycles. The van der Waals surface area contributed by atoms with Crippen LogP contribution in [0.3, 0.4) is 0 Å². The predicted octanol–water partition coefficient (Wildman–Crippen LogP) is 6.74. The Bertz CT molecular complexity index is 331. The van der Waals surface area contributed by atoms with Gasteiger partial charge in [-0.1, -0.05) is 97.8 Å². The van der Waals surface area contributed by atoms with E-state index in [2.05, 4.69) is 25.3 Å². The quantitative estimate of drug-likeness (QED) is 0.182. The number of unbranched alkanes of at least 4 members (excludes halogenated alkanes) is 10. The zero-order chi connectivity index (χ0) is 21.0. The molecule has 0 aromatic heterocycles. The van der Waals surface area contributed by atoms with Crippen molar-refractivity contribution in [3.05, 3.63) is 0 Å². The van der Waals surface area contributed by atoms with Crippen molar-refractivity contribution in [2.75, 3.05) is 6.61 Å². The van der Waals surface area contributed by atoms with Crippen LogP contribution in [0, 0.1) is 0 Å². The smallest absolute Gasteiger partial charge is 0.390 e. The molecule has 0 atom stereocenters. The molecule has 0 unspecified atom stereocenters. The van der Waals surface area contributed by atoms with Gasteiger partial charge in [0.25, 0.3) is 0 Å². The van der Waals surface area contributed by atoms with Gasteiger partial charge in [0.15, 0.2) is 0 Å². The minimum absolute atomic E-state index is 0.167. The molecule has 0 saturated carbocycles. The van der Waals surface area contributed by atoms with Crippen LogP contribution in [0.25, 0.3) is 0 Å². The van der Waals surface area contributed by atoms with E-state index < -0.39 is 13.4 Å². The number of phosphoric ester groups is 1. The maximum atomic E-state index is 10.3. The molecule has 0 fully saturated rings. The van der Waals surface area contributed by atoms with Crippen LogP contribution < -0.4 is 0 Å². The van der Waals surface area contributed by atoms with Crippen molar-refractivity contribution in [1.82, 2.24) is 0 Å². The Morgan fingerprint density at radius 1 is 0.704 bits per heavy atom. The van der Waals surface area contributed by atoms with E-state index in [4.69, 9.17) is 9.79 Å². The van der Waals surface area contributed by atoms with Crippen LogP contribution in [-0.4, -0.2) is 27.1 Å². The second kappa shape index (κ2) is 19.4. The van der Waals surface area contributed by atoms with Crippen LogP contribution in [0.5, 0.6) is 0 Å². The van der Waals surface area contributed by atoms with Crippen LogP contribution in [0.15, 0.2) is 0 Å². The Morgan fingerprint density at radius 2 is 1.07 bits per heavy atom. The SMILES string of the molecule is CCCCC(C)(O)CCCC.CCCCCCCCCCCOP(=O)(O)O. The lowest BCUT2D eigenvalue weighted by Gasteiger charge is -2.22. The van der Waals surface area contributed by atoms with E-state index in [0.29, 0.717) is 0 Å². The molecule has 0 radical (unpaired) electrons. The molecule has 0 aliphatic heterocycles. The summed E-state index contributed by atoms with van der Waals surface area (Å²) in [6, 6.07) is 0. The summed E-state index contributed by atoms with van der Waals surface area (Å²) in [4.78, 5) is 16.9. The minimum Gasteiger partial charge on any atom is -0.390 e. The molecule has 0 amide bonds. The molecule has 0 saturated heterocycles. The highest BCUT2D eigenvalue weighted by molar-refractivity contribution is 7.46. The van der Waals surface area contributed by atoms with Crippen LogP contribution in [-0.2, 0) is 9.09 Å². The molecule has 5 nitrogen and oxygen atoms in total. The number of rotatable bonds is 17. The highest BCUT2D eigenvalue weighted by atomic mass is 31.2. The second-order valence-corrected chi connectivity index (χ2v) is 9.10. The second-order valence-electron chi connectivity index (χ2n) is 7.86. The van der Waals surface area contributed by atoms with Gasteiger partial charge in [0.2, 0.25) is 0 Å². The largest absolute Gasteiger partial charge is 0.469 e. The van der Waals surface area contributed by atoms with E-state index in [1.807, 2.05) is 6.92 Å². The molecule has 0 rings (SSSR count). The highest BCUT2D eigenvalue weighted by Gasteiger charge is 2.17. The zero-order valence-corrected chi connectivity index (χ0v) is 19.3. The van der Waals surface area contributed by atoms with E-state index >= 15 is 0 Å². The third kappa shape index (κ3) is 28.4. The van der Waals surface area contributed by atoms with Crippen molar-refractivity contribution in [3.8, 4) is 0 Å². The first-order valence-corrected chi connectivity index (χ1v) is 12.6. The molecule has 0 aromatic rings. The van der Waals surface area contributed by atoms with E-state index in [1.54, 1.807) is 0 Å². The molecule has 0 aliphatic carbocycles. The normalized spacial score (nSPS) is 12.0. The van der Waals surface area contributed by atoms with E-state index in [0.717, 1.165) is 44.9 Å². The molecule has 27 heavy (non-hydrogen) atoms. The summed E-state index contributed by atoms with van der Waals surface area (Å²) < 4.78 is 14.7. The number of hydrogen-bond acceptors (Lipinski definition) is 3. The summed E-state index contributed by atoms with van der Waals surface area (Å²) in [6.45, 7) is 8.66. The Balaban J connectivity index is 0. The average molecular weight is 411 g/mol. The van der Waals surface area contributed by atoms with Gasteiger partial charge in [-0.15, -0.1) is 0 Å². The molecule has 166 valence electrons. The van der Waals surface area contributed by atoms with Gasteiger partial charge in [-0.2, -0.15) is 0 Å². The molecule has 0 aliphatic rings. The van der Waals surface area contributed by atoms with Gasteiger partial charge in [-0.05, 0) is 26.2 Å². The molecule has 0 heterocycles. The first kappa shape index (κ1) is 29.3. The first-order chi connectivity index (χ1) is 12.7. The zero-order valence-electron chi connectivity index (χ0n) is 18.4. The summed E-state index contributed by atoms with van der Waals surface area (Å²) in [5, 5.41) is 9.78. The number of aliphatic hydroxyl groups is 1.